The van der Waals surface area contributed by atoms with Crippen LogP contribution in [0.15, 0.2) is 5.16 Å². The Hall–Kier alpha value is -1.24. The van der Waals surface area contributed by atoms with Gasteiger partial charge in [-0.15, -0.1) is 0 Å². The van der Waals surface area contributed by atoms with E-state index in [0.29, 0.717) is 18.0 Å². The largest absolute Gasteiger partial charge is 0.394 e. The molecule has 10 nitrogen and oxygen atoms in total. The van der Waals surface area contributed by atoms with Gasteiger partial charge < -0.3 is 25.0 Å². The second-order valence-corrected chi connectivity index (χ2v) is 8.56. The van der Waals surface area contributed by atoms with Crippen LogP contribution in [0.1, 0.15) is 40.0 Å². The molecule has 1 saturated carbocycles. The third-order valence-corrected chi connectivity index (χ3v) is 5.42. The molecule has 0 radical (unpaired) electrons. The lowest BCUT2D eigenvalue weighted by Gasteiger charge is -2.28. The lowest BCUT2D eigenvalue weighted by Crippen LogP contribution is -2.38. The smallest absolute Gasteiger partial charge is 0.348 e. The van der Waals surface area contributed by atoms with E-state index in [-0.39, 0.29) is 30.3 Å². The first-order chi connectivity index (χ1) is 13.6. The number of thioether (sulfide) groups is 1. The molecule has 0 spiro atoms. The molecule has 2 rings (SSSR count). The van der Waals surface area contributed by atoms with Crippen molar-refractivity contribution in [3.63, 3.8) is 0 Å². The SMILES string of the molecule is CCCSc1nc(Cl)c([N+](=O)[O-])c(N[C@@H]2C[C@H](OCCO)C[C@H]2OC(C)(C)O)n1. The molecule has 1 fully saturated rings. The molecule has 3 N–H and O–H groups in total. The molecule has 1 aliphatic carbocycles. The van der Waals surface area contributed by atoms with Gasteiger partial charge in [-0.1, -0.05) is 30.3 Å². The summed E-state index contributed by atoms with van der Waals surface area (Å²) in [6, 6.07) is -0.418. The van der Waals surface area contributed by atoms with Crippen LogP contribution in [0.4, 0.5) is 11.5 Å². The van der Waals surface area contributed by atoms with E-state index in [4.69, 9.17) is 26.2 Å². The van der Waals surface area contributed by atoms with Crippen LogP contribution in [0.2, 0.25) is 5.15 Å². The minimum atomic E-state index is -1.39. The van der Waals surface area contributed by atoms with Crippen molar-refractivity contribution >= 4 is 34.9 Å². The normalized spacial score (nSPS) is 22.1. The van der Waals surface area contributed by atoms with Gasteiger partial charge in [0.1, 0.15) is 0 Å². The average Bonchev–Trinajstić information content (AvgIpc) is 2.97. The number of halogens is 1. The predicted octanol–water partition coefficient (Wildman–Crippen LogP) is 2.61. The number of nitrogens with zero attached hydrogens (tertiary/aromatic N) is 3. The van der Waals surface area contributed by atoms with E-state index < -0.39 is 28.5 Å². The van der Waals surface area contributed by atoms with E-state index in [1.165, 1.54) is 25.6 Å². The Balaban J connectivity index is 2.29. The molecule has 0 unspecified atom stereocenters. The van der Waals surface area contributed by atoms with Gasteiger partial charge in [-0.2, -0.15) is 4.98 Å². The highest BCUT2D eigenvalue weighted by atomic mass is 35.5. The highest BCUT2D eigenvalue weighted by Gasteiger charge is 2.40. The van der Waals surface area contributed by atoms with Crippen LogP contribution in [0.25, 0.3) is 0 Å². The number of aliphatic hydroxyl groups is 2. The predicted molar refractivity (Wildman–Crippen MR) is 109 cm³/mol. The first kappa shape index (κ1) is 24.0. The molecule has 0 aromatic carbocycles. The number of rotatable bonds is 11. The average molecular weight is 451 g/mol. The summed E-state index contributed by atoms with van der Waals surface area (Å²) in [5.74, 6) is -0.641. The molecule has 0 aliphatic heterocycles. The number of anilines is 1. The standard InChI is InChI=1S/C17H27ClN4O6S/c1-4-7-29-16-20-14(18)13(22(25)26)15(21-16)19-11-8-10(27-6-5-23)9-12(11)28-17(2,3)24/h10-12,23-24H,4-9H2,1-3H3,(H,19,20,21)/t10-,11+,12+/m0/s1. The summed E-state index contributed by atoms with van der Waals surface area (Å²) in [6.07, 6.45) is 1.07. The maximum absolute atomic E-state index is 11.5. The zero-order valence-electron chi connectivity index (χ0n) is 16.6. The topological polar surface area (TPSA) is 140 Å². The molecular formula is C17H27ClN4O6S. The van der Waals surface area contributed by atoms with Crippen LogP contribution >= 0.6 is 23.4 Å². The summed E-state index contributed by atoms with van der Waals surface area (Å²) in [6.45, 7) is 5.08. The quantitative estimate of drug-likeness (QED) is 0.115. The van der Waals surface area contributed by atoms with Crippen LogP contribution < -0.4 is 5.32 Å². The van der Waals surface area contributed by atoms with Crippen LogP contribution in [-0.4, -0.2) is 68.1 Å². The lowest BCUT2D eigenvalue weighted by atomic mass is 10.2. The minimum Gasteiger partial charge on any atom is -0.394 e. The number of hydrogen-bond acceptors (Lipinski definition) is 10. The van der Waals surface area contributed by atoms with E-state index in [1.54, 1.807) is 0 Å². The fourth-order valence-corrected chi connectivity index (χ4v) is 4.05. The van der Waals surface area contributed by atoms with E-state index >= 15 is 0 Å². The minimum absolute atomic E-state index is 0.00533. The van der Waals surface area contributed by atoms with Crippen molar-refractivity contribution in [1.82, 2.24) is 9.97 Å². The van der Waals surface area contributed by atoms with Gasteiger partial charge in [0.2, 0.25) is 11.0 Å². The van der Waals surface area contributed by atoms with Gasteiger partial charge in [-0.3, -0.25) is 10.1 Å². The first-order valence-electron chi connectivity index (χ1n) is 9.38. The zero-order valence-corrected chi connectivity index (χ0v) is 18.2. The van der Waals surface area contributed by atoms with Gasteiger partial charge in [-0.05, 0) is 26.7 Å². The summed E-state index contributed by atoms with van der Waals surface area (Å²) in [7, 11) is 0. The Bertz CT molecular complexity index is 705. The van der Waals surface area contributed by atoms with E-state index in [0.717, 1.165) is 12.2 Å². The second kappa shape index (κ2) is 10.7. The van der Waals surface area contributed by atoms with Crippen molar-refractivity contribution in [3.05, 3.63) is 15.3 Å². The van der Waals surface area contributed by atoms with Gasteiger partial charge in [0.05, 0.1) is 36.4 Å². The van der Waals surface area contributed by atoms with Crippen molar-refractivity contribution < 1.29 is 24.6 Å². The van der Waals surface area contributed by atoms with Crippen LogP contribution in [0.3, 0.4) is 0 Å². The van der Waals surface area contributed by atoms with Gasteiger partial charge in [0.25, 0.3) is 0 Å². The molecular weight excluding hydrogens is 424 g/mol. The lowest BCUT2D eigenvalue weighted by molar-refractivity contribution is -0.384. The van der Waals surface area contributed by atoms with Crippen molar-refractivity contribution in [2.45, 2.75) is 69.2 Å². The molecule has 0 bridgehead atoms. The summed E-state index contributed by atoms with van der Waals surface area (Å²) in [5.41, 5.74) is -0.408. The van der Waals surface area contributed by atoms with Crippen molar-refractivity contribution in [2.75, 3.05) is 24.3 Å². The van der Waals surface area contributed by atoms with Crippen molar-refractivity contribution in [2.24, 2.45) is 0 Å². The number of nitrogens with one attached hydrogen (secondary N) is 1. The van der Waals surface area contributed by atoms with Gasteiger partial charge in [0, 0.05) is 12.2 Å². The number of aliphatic hydroxyl groups excluding tert-OH is 1. The molecule has 29 heavy (non-hydrogen) atoms. The first-order valence-corrected chi connectivity index (χ1v) is 10.7. The van der Waals surface area contributed by atoms with Gasteiger partial charge in [0.15, 0.2) is 10.9 Å². The number of hydrogen-bond donors (Lipinski definition) is 3. The Labute approximate surface area is 178 Å². The van der Waals surface area contributed by atoms with Crippen LogP contribution in [0.5, 0.6) is 0 Å². The third-order valence-electron chi connectivity index (χ3n) is 4.11. The summed E-state index contributed by atoms with van der Waals surface area (Å²) in [4.78, 5) is 19.2. The summed E-state index contributed by atoms with van der Waals surface area (Å²) >= 11 is 7.42. The molecule has 1 aromatic rings. The maximum Gasteiger partial charge on any atom is 0.348 e. The third kappa shape index (κ3) is 7.19. The molecule has 0 saturated heterocycles. The Morgan fingerprint density at radius 1 is 1.41 bits per heavy atom. The molecule has 0 amide bonds. The zero-order chi connectivity index (χ0) is 21.6. The maximum atomic E-state index is 11.5. The molecule has 164 valence electrons. The molecule has 12 heteroatoms. The van der Waals surface area contributed by atoms with Crippen molar-refractivity contribution in [3.8, 4) is 0 Å². The fourth-order valence-electron chi connectivity index (χ4n) is 3.07. The van der Waals surface area contributed by atoms with E-state index in [2.05, 4.69) is 15.3 Å². The highest BCUT2D eigenvalue weighted by molar-refractivity contribution is 7.99. The number of ether oxygens (including phenoxy) is 2. The van der Waals surface area contributed by atoms with E-state index in [9.17, 15) is 15.2 Å². The van der Waals surface area contributed by atoms with Crippen molar-refractivity contribution in [1.29, 1.82) is 0 Å². The Morgan fingerprint density at radius 3 is 2.72 bits per heavy atom. The monoisotopic (exact) mass is 450 g/mol. The second-order valence-electron chi connectivity index (χ2n) is 7.14. The highest BCUT2D eigenvalue weighted by Crippen LogP contribution is 2.36. The van der Waals surface area contributed by atoms with Crippen LogP contribution in [0, 0.1) is 10.1 Å². The van der Waals surface area contributed by atoms with Gasteiger partial charge in [-0.25, -0.2) is 4.98 Å². The summed E-state index contributed by atoms with van der Waals surface area (Å²) < 4.78 is 11.3. The number of nitro groups is 1. The fraction of sp³-hybridized carbons (Fsp3) is 0.765. The number of aromatic nitrogens is 2. The molecule has 1 heterocycles. The summed E-state index contributed by atoms with van der Waals surface area (Å²) in [5, 5.41) is 33.7. The Kier molecular flexibility index (Phi) is 8.86. The molecule has 1 aliphatic rings. The Morgan fingerprint density at radius 2 is 2.14 bits per heavy atom. The van der Waals surface area contributed by atoms with Crippen LogP contribution in [-0.2, 0) is 9.47 Å². The molecule has 1 aromatic heterocycles. The van der Waals surface area contributed by atoms with Gasteiger partial charge >= 0.3 is 5.69 Å². The van der Waals surface area contributed by atoms with E-state index in [1.807, 2.05) is 6.92 Å². The molecule has 3 atom stereocenters.